The second-order valence-corrected chi connectivity index (χ2v) is 9.67. The van der Waals surface area contributed by atoms with Gasteiger partial charge < -0.3 is 28.5 Å². The van der Waals surface area contributed by atoms with E-state index in [1.165, 1.54) is 37.9 Å². The molecule has 1 fully saturated rings. The smallest absolute Gasteiger partial charge is 0.267 e. The molecule has 1 aliphatic rings. The number of aryl methyl sites for hydroxylation is 1. The van der Waals surface area contributed by atoms with E-state index in [1.54, 1.807) is 27.7 Å². The number of thioether (sulfide) groups is 1. The molecule has 4 nitrogen and oxygen atoms in total. The molecular formula is C21H26IN3OS2. The Morgan fingerprint density at radius 3 is 2.57 bits per heavy atom. The Labute approximate surface area is 191 Å². The number of likely N-dealkylation sites (tertiary alicyclic amines) is 1. The Hall–Kier alpha value is -0.900. The summed E-state index contributed by atoms with van der Waals surface area (Å²) in [6.07, 6.45) is 4.02. The van der Waals surface area contributed by atoms with Gasteiger partial charge in [0.05, 0.1) is 43.5 Å². The van der Waals surface area contributed by atoms with Gasteiger partial charge in [-0.2, -0.15) is 0 Å². The molecule has 3 aromatic rings. The summed E-state index contributed by atoms with van der Waals surface area (Å²) in [4.78, 5) is 18.8. The van der Waals surface area contributed by atoms with Crippen LogP contribution >= 0.6 is 23.1 Å². The first-order valence-electron chi connectivity index (χ1n) is 9.59. The summed E-state index contributed by atoms with van der Waals surface area (Å²) in [6, 6.07) is 10.0. The number of nitrogens with zero attached hydrogens (tertiary/aromatic N) is 3. The normalized spacial score (nSPS) is 16.1. The van der Waals surface area contributed by atoms with Crippen molar-refractivity contribution in [1.82, 2.24) is 9.55 Å². The minimum absolute atomic E-state index is 0. The molecule has 0 saturated carbocycles. The van der Waals surface area contributed by atoms with Crippen molar-refractivity contribution in [1.29, 1.82) is 0 Å². The summed E-state index contributed by atoms with van der Waals surface area (Å²) >= 11 is 3.25. The monoisotopic (exact) mass is 527 g/mol. The highest BCUT2D eigenvalue weighted by atomic mass is 127. The summed E-state index contributed by atoms with van der Waals surface area (Å²) in [7, 11) is 2.36. The van der Waals surface area contributed by atoms with Crippen molar-refractivity contribution in [3.8, 4) is 5.69 Å². The predicted octanol–water partition coefficient (Wildman–Crippen LogP) is 1.48. The van der Waals surface area contributed by atoms with Gasteiger partial charge in [0.15, 0.2) is 5.16 Å². The highest BCUT2D eigenvalue weighted by molar-refractivity contribution is 7.99. The number of quaternary nitrogens is 1. The first kappa shape index (κ1) is 21.8. The Morgan fingerprint density at radius 1 is 1.14 bits per heavy atom. The van der Waals surface area contributed by atoms with Crippen LogP contribution in [-0.2, 0) is 0 Å². The van der Waals surface area contributed by atoms with E-state index in [0.717, 1.165) is 32.5 Å². The van der Waals surface area contributed by atoms with Gasteiger partial charge in [-0.15, -0.1) is 11.3 Å². The van der Waals surface area contributed by atoms with Crippen LogP contribution in [0.2, 0.25) is 0 Å². The van der Waals surface area contributed by atoms with E-state index in [1.807, 2.05) is 35.7 Å². The molecule has 4 rings (SSSR count). The van der Waals surface area contributed by atoms with Crippen LogP contribution in [0.3, 0.4) is 0 Å². The standard InChI is InChI=1S/C21H26N3OS2.HI/c1-16-6-8-17(9-7-16)23-20(25)18-10-14-26-19(18)22-21(23)27-15-13-24(2)11-4-3-5-12-24;/h6-10,14H,3-5,11-13,15H2,1-2H3;1H/q+1;/p-1. The van der Waals surface area contributed by atoms with Crippen LogP contribution in [0, 0.1) is 6.92 Å². The van der Waals surface area contributed by atoms with Crippen LogP contribution in [0.1, 0.15) is 24.8 Å². The first-order valence-corrected chi connectivity index (χ1v) is 11.5. The fourth-order valence-electron chi connectivity index (χ4n) is 3.77. The molecule has 0 unspecified atom stereocenters. The topological polar surface area (TPSA) is 34.9 Å². The van der Waals surface area contributed by atoms with Crippen molar-refractivity contribution in [3.05, 3.63) is 51.6 Å². The van der Waals surface area contributed by atoms with Crippen molar-refractivity contribution >= 4 is 33.3 Å². The van der Waals surface area contributed by atoms with Crippen molar-refractivity contribution < 1.29 is 28.5 Å². The highest BCUT2D eigenvalue weighted by Gasteiger charge is 2.24. The Balaban J connectivity index is 0.00000225. The summed E-state index contributed by atoms with van der Waals surface area (Å²) < 4.78 is 2.93. The summed E-state index contributed by atoms with van der Waals surface area (Å²) in [6.45, 7) is 5.72. The fourth-order valence-corrected chi connectivity index (χ4v) is 5.77. The van der Waals surface area contributed by atoms with E-state index < -0.39 is 0 Å². The fraction of sp³-hybridized carbons (Fsp3) is 0.429. The Morgan fingerprint density at radius 2 is 1.86 bits per heavy atom. The third-order valence-electron chi connectivity index (χ3n) is 5.52. The molecule has 150 valence electrons. The number of rotatable bonds is 5. The Bertz CT molecular complexity index is 991. The van der Waals surface area contributed by atoms with E-state index in [0.29, 0.717) is 5.39 Å². The maximum Gasteiger partial charge on any atom is 0.267 e. The number of aromatic nitrogens is 2. The van der Waals surface area contributed by atoms with Crippen LogP contribution < -0.4 is 29.5 Å². The highest BCUT2D eigenvalue weighted by Crippen LogP contribution is 2.25. The lowest BCUT2D eigenvalue weighted by Crippen LogP contribution is -3.00. The molecule has 3 heterocycles. The zero-order valence-corrected chi connectivity index (χ0v) is 20.1. The van der Waals surface area contributed by atoms with Gasteiger partial charge in [0.1, 0.15) is 4.83 Å². The molecule has 0 spiro atoms. The first-order chi connectivity index (χ1) is 13.1. The Kier molecular flexibility index (Phi) is 7.22. The van der Waals surface area contributed by atoms with E-state index in [9.17, 15) is 4.79 Å². The summed E-state index contributed by atoms with van der Waals surface area (Å²) in [5.41, 5.74) is 2.12. The number of thiophene rings is 1. The second kappa shape index (κ2) is 9.28. The van der Waals surface area contributed by atoms with Crippen LogP contribution in [0.25, 0.3) is 15.9 Å². The molecule has 28 heavy (non-hydrogen) atoms. The molecule has 1 aromatic carbocycles. The van der Waals surface area contributed by atoms with Gasteiger partial charge in [0, 0.05) is 0 Å². The lowest BCUT2D eigenvalue weighted by Gasteiger charge is -2.37. The second-order valence-electron chi connectivity index (χ2n) is 7.71. The largest absolute Gasteiger partial charge is 1.00 e. The molecule has 0 atom stereocenters. The van der Waals surface area contributed by atoms with Crippen molar-refractivity contribution in [2.75, 3.05) is 32.4 Å². The molecule has 1 aliphatic heterocycles. The lowest BCUT2D eigenvalue weighted by molar-refractivity contribution is -0.911. The third-order valence-corrected chi connectivity index (χ3v) is 7.24. The van der Waals surface area contributed by atoms with Gasteiger partial charge in [-0.1, -0.05) is 29.5 Å². The minimum atomic E-state index is 0. The molecule has 2 aromatic heterocycles. The van der Waals surface area contributed by atoms with Crippen LogP contribution in [0.15, 0.2) is 45.7 Å². The molecule has 1 saturated heterocycles. The van der Waals surface area contributed by atoms with Crippen molar-refractivity contribution in [2.45, 2.75) is 31.3 Å². The molecule has 0 N–H and O–H groups in total. The zero-order chi connectivity index (χ0) is 18.9. The number of hydrogen-bond acceptors (Lipinski definition) is 4. The van der Waals surface area contributed by atoms with Gasteiger partial charge in [0.25, 0.3) is 5.56 Å². The van der Waals surface area contributed by atoms with E-state index in [2.05, 4.69) is 14.0 Å². The maximum atomic E-state index is 13.1. The van der Waals surface area contributed by atoms with Gasteiger partial charge in [-0.3, -0.25) is 9.36 Å². The van der Waals surface area contributed by atoms with Gasteiger partial charge in [-0.25, -0.2) is 4.98 Å². The average molecular weight is 527 g/mol. The minimum Gasteiger partial charge on any atom is -1.00 e. The molecule has 0 amide bonds. The maximum absolute atomic E-state index is 13.1. The van der Waals surface area contributed by atoms with E-state index in [-0.39, 0.29) is 29.5 Å². The zero-order valence-electron chi connectivity index (χ0n) is 16.4. The lowest BCUT2D eigenvalue weighted by atomic mass is 10.1. The quantitative estimate of drug-likeness (QED) is 0.218. The van der Waals surface area contributed by atoms with Crippen LogP contribution in [-0.4, -0.2) is 46.5 Å². The van der Waals surface area contributed by atoms with E-state index in [4.69, 9.17) is 4.98 Å². The SMILES string of the molecule is Cc1ccc(-n2c(SCC[N+]3(C)CCCCC3)nc3sccc3c2=O)cc1.[I-]. The van der Waals surface area contributed by atoms with Crippen molar-refractivity contribution in [3.63, 3.8) is 0 Å². The number of halogens is 1. The van der Waals surface area contributed by atoms with Crippen molar-refractivity contribution in [2.24, 2.45) is 0 Å². The molecule has 0 radical (unpaired) electrons. The summed E-state index contributed by atoms with van der Waals surface area (Å²) in [5, 5.41) is 3.47. The molecule has 0 aliphatic carbocycles. The number of hydrogen-bond donors (Lipinski definition) is 0. The third kappa shape index (κ3) is 4.63. The number of fused-ring (bicyclic) bond motifs is 1. The number of benzene rings is 1. The van der Waals surface area contributed by atoms with Gasteiger partial charge in [0.2, 0.25) is 0 Å². The molecule has 7 heteroatoms. The van der Waals surface area contributed by atoms with Gasteiger partial charge in [-0.05, 0) is 49.8 Å². The number of piperidine rings is 1. The summed E-state index contributed by atoms with van der Waals surface area (Å²) in [5.74, 6) is 0.978. The van der Waals surface area contributed by atoms with Crippen LogP contribution in [0.4, 0.5) is 0 Å². The predicted molar refractivity (Wildman–Crippen MR) is 115 cm³/mol. The van der Waals surface area contributed by atoms with Gasteiger partial charge >= 0.3 is 0 Å². The van der Waals surface area contributed by atoms with E-state index >= 15 is 0 Å². The average Bonchev–Trinajstić information content (AvgIpc) is 3.12. The van der Waals surface area contributed by atoms with Crippen LogP contribution in [0.5, 0.6) is 0 Å². The molecular weight excluding hydrogens is 501 g/mol. The molecule has 0 bridgehead atoms.